The van der Waals surface area contributed by atoms with Crippen LogP contribution in [0.4, 0.5) is 9.59 Å². The van der Waals surface area contributed by atoms with Crippen LogP contribution in [0, 0.1) is 13.8 Å². The molecule has 0 unspecified atom stereocenters. The number of hydrogen-bond donors (Lipinski definition) is 7. The summed E-state index contributed by atoms with van der Waals surface area (Å²) in [5.74, 6) is -2.39. The third-order valence-electron chi connectivity index (χ3n) is 9.75. The van der Waals surface area contributed by atoms with Crippen LogP contribution in [-0.2, 0) is 125 Å². The number of aryl methyl sites for hydroxylation is 2. The number of nitrogens with one attached hydrogen (secondary N) is 2. The van der Waals surface area contributed by atoms with Gasteiger partial charge in [0.15, 0.2) is 35.0 Å². The number of esters is 3. The van der Waals surface area contributed by atoms with Crippen LogP contribution in [0.2, 0.25) is 0 Å². The summed E-state index contributed by atoms with van der Waals surface area (Å²) in [5.41, 5.74) is 4.09. The summed E-state index contributed by atoms with van der Waals surface area (Å²) in [7, 11) is -24.4. The van der Waals surface area contributed by atoms with Crippen molar-refractivity contribution >= 4 is 119 Å². The molecule has 44 heteroatoms. The molecule has 0 radical (unpaired) electrons. The molecule has 0 bridgehead atoms. The van der Waals surface area contributed by atoms with Crippen LogP contribution >= 0.6 is 27.0 Å². The Hall–Kier alpha value is -5.79. The van der Waals surface area contributed by atoms with Gasteiger partial charge in [0, 0.05) is 42.5 Å². The third kappa shape index (κ3) is 84.7. The second-order valence-electron chi connectivity index (χ2n) is 27.4. The van der Waals surface area contributed by atoms with Gasteiger partial charge in [0.05, 0.1) is 73.1 Å². The fourth-order valence-electron chi connectivity index (χ4n) is 6.34. The molecule has 0 aliphatic heterocycles. The van der Waals surface area contributed by atoms with Gasteiger partial charge >= 0.3 is 45.3 Å². The summed E-state index contributed by atoms with van der Waals surface area (Å²) in [6.45, 7) is 38.6. The molecular formula is C66H120N3O33P2S6-. The Balaban J connectivity index is -0.000000226. The number of benzene rings is 2. The fraction of sp³-hybridized carbons (Fsp3) is 0.652. The van der Waals surface area contributed by atoms with E-state index in [9.17, 15) is 84.5 Å². The molecule has 0 fully saturated rings. The number of hydrogen-bond acceptors (Lipinski definition) is 33. The Bertz CT molecular complexity index is 3630. The molecule has 0 aromatic heterocycles. The highest BCUT2D eigenvalue weighted by atomic mass is 32.2. The van der Waals surface area contributed by atoms with Gasteiger partial charge in [0.25, 0.3) is 16.1 Å². The predicted octanol–water partition coefficient (Wildman–Crippen LogP) is 10.7. The highest BCUT2D eigenvalue weighted by Crippen LogP contribution is 2.50. The fourth-order valence-corrected chi connectivity index (χ4v) is 14.7. The average molecular weight is 1740 g/mol. The maximum Gasteiger partial charge on any atom is 0.408 e. The molecule has 0 aliphatic carbocycles. The highest BCUT2D eigenvalue weighted by Gasteiger charge is 2.30. The molecule has 2 amide bonds. The van der Waals surface area contributed by atoms with E-state index in [1.165, 1.54) is 48.2 Å². The number of thioether (sulfide) groups is 1. The highest BCUT2D eigenvalue weighted by molar-refractivity contribution is 8.04. The molecule has 2 rings (SSSR count). The molecule has 0 heterocycles. The van der Waals surface area contributed by atoms with Crippen molar-refractivity contribution in [2.45, 2.75) is 228 Å². The molecule has 2 aromatic carbocycles. The van der Waals surface area contributed by atoms with Gasteiger partial charge in [0.1, 0.15) is 44.4 Å². The zero-order valence-electron chi connectivity index (χ0n) is 67.7. The van der Waals surface area contributed by atoms with Crippen LogP contribution in [0.3, 0.4) is 0 Å². The molecule has 110 heavy (non-hydrogen) atoms. The summed E-state index contributed by atoms with van der Waals surface area (Å²) in [6, 6.07) is 9.32. The number of carbonyl (C=O) groups is 7. The van der Waals surface area contributed by atoms with E-state index >= 15 is 0 Å². The number of alkyl carbamates (subject to hydrolysis) is 2. The van der Waals surface area contributed by atoms with Crippen molar-refractivity contribution in [2.75, 3.05) is 62.4 Å². The van der Waals surface area contributed by atoms with E-state index in [0.29, 0.717) is 25.0 Å². The first-order chi connectivity index (χ1) is 49.2. The van der Waals surface area contributed by atoms with Crippen molar-refractivity contribution in [1.82, 2.24) is 10.6 Å². The van der Waals surface area contributed by atoms with Crippen molar-refractivity contribution in [3.63, 3.8) is 0 Å². The van der Waals surface area contributed by atoms with Crippen molar-refractivity contribution in [3.8, 4) is 0 Å². The topological polar surface area (TPSA) is 561 Å². The van der Waals surface area contributed by atoms with Crippen LogP contribution < -0.4 is 16.4 Å². The van der Waals surface area contributed by atoms with Gasteiger partial charge in [-0.15, -0.1) is 0 Å². The van der Waals surface area contributed by atoms with Crippen molar-refractivity contribution in [3.05, 3.63) is 82.6 Å². The minimum atomic E-state index is -4.27. The van der Waals surface area contributed by atoms with Gasteiger partial charge in [-0.05, 0) is 176 Å². The van der Waals surface area contributed by atoms with Crippen LogP contribution in [-0.4, -0.2) is 218 Å². The standard InChI is InChI=1S/C15H27NO6S.C13H23NO5.C10H19NO4S.2C7H8O3S.C6H15O5PS.C6H15O3PS.C2H4O2.H2O2/c1-14(2,3)21-12(17)10-11(8-9-23(7,19)20)16-13(18)22-15(4,5)6;1-12(2,3)18-10(16)7-9(8-15)14-11(17)19-13(4,5)6;1-10(2,3)15-9(12)7-8(11)5-6-16(4,13)14;2*1-6-2-4-7(5-3-6)11(8,9)10;1-4-10-12(7,11-5-2)6-13(3,8)9;1-4-8-10(7,6-11-3)9-5-2;1-2(3)4;1-2/h8-9,11H,10H2,1-7H3,(H,16,18);8-9H,7H2,1-6H3,(H,14,17);5-6,8H,7,11H2,1-4H3;2*2-5H,1H3,(H,8,9,10);4-6H2,1-3H3;4-6H2,1-3H3;1H3,(H,3,4);1-2H/p-1/b9-8+;;6-5+;;;;;;/t11-;9-;8-;;;;;;/m101....../s1. The smallest absolute Gasteiger partial charge is 0.408 e. The van der Waals surface area contributed by atoms with Gasteiger partial charge < -0.3 is 72.6 Å². The van der Waals surface area contributed by atoms with Crippen LogP contribution in [0.5, 0.6) is 0 Å². The molecule has 2 aromatic rings. The van der Waals surface area contributed by atoms with Crippen LogP contribution in [0.15, 0.2) is 81.3 Å². The Kier molecular flexibility index (Phi) is 59.4. The Morgan fingerprint density at radius 3 is 1.06 bits per heavy atom. The predicted molar refractivity (Wildman–Crippen MR) is 418 cm³/mol. The maximum absolute atomic E-state index is 11.9. The summed E-state index contributed by atoms with van der Waals surface area (Å²) in [4.78, 5) is 77.5. The lowest BCUT2D eigenvalue weighted by molar-refractivity contribution is -0.176. The number of amides is 2. The lowest BCUT2D eigenvalue weighted by atomic mass is 10.1. The molecule has 3 atom stereocenters. The number of ether oxygens (including phenoxy) is 5. The number of carbonyl (C=O) groups excluding carboxylic acids is 6. The van der Waals surface area contributed by atoms with Gasteiger partial charge in [0.2, 0.25) is 0 Å². The molecule has 36 nitrogen and oxygen atoms in total. The quantitative estimate of drug-likeness (QED) is 0.00831. The van der Waals surface area contributed by atoms with E-state index in [0.717, 1.165) is 47.6 Å². The Labute approximate surface area is 655 Å². The van der Waals surface area contributed by atoms with Gasteiger partial charge in [-0.3, -0.25) is 43.4 Å². The number of aliphatic carboxylic acids is 1. The average Bonchev–Trinajstić information content (AvgIpc) is 0.875. The minimum Gasteiger partial charge on any atom is -0.744 e. The van der Waals surface area contributed by atoms with Crippen LogP contribution in [0.25, 0.3) is 0 Å². The van der Waals surface area contributed by atoms with E-state index in [2.05, 4.69) is 10.6 Å². The van der Waals surface area contributed by atoms with Crippen LogP contribution in [0.1, 0.15) is 169 Å². The monoisotopic (exact) mass is 1740 g/mol. The zero-order chi connectivity index (χ0) is 88.5. The van der Waals surface area contributed by atoms with E-state index in [1.54, 1.807) is 142 Å². The van der Waals surface area contributed by atoms with E-state index in [1.807, 2.05) is 34.0 Å². The second kappa shape index (κ2) is 55.6. The van der Waals surface area contributed by atoms with Crippen molar-refractivity contribution in [2.24, 2.45) is 5.73 Å². The van der Waals surface area contributed by atoms with Gasteiger partial charge in [-0.25, -0.2) is 43.3 Å². The lowest BCUT2D eigenvalue weighted by Gasteiger charge is -2.23. The molecular weight excluding hydrogens is 1620 g/mol. The number of carboxylic acid groups (broad SMARTS) is 1. The SMILES string of the molecule is CC(=O)O.CC(C)(C)OC(=O)C[C@@H](/C=C/S(C)(=O)=O)NC(=O)OC(C)(C)C.CC(C)(C)OC(=O)C[C@@H](C=O)NC(=O)OC(C)(C)C.CC(C)(C)OC(=O)C[C@H](N)/C=C/S(C)(=O)=O.CCOP(=O)(CS(C)(=O)=O)OCC.CCOP(=O)(CSC)OCC.Cc1ccc(S(=O)(=O)O)cc1.Cc1ccc(S(=O)(=O)[O-])cc1.OO. The summed E-state index contributed by atoms with van der Waals surface area (Å²) < 4.78 is 195. The second-order valence-corrected chi connectivity index (χ2v) is 42.1. The first-order valence-electron chi connectivity index (χ1n) is 32.7. The molecule has 0 saturated heterocycles. The molecule has 8 N–H and O–H groups in total. The molecule has 0 spiro atoms. The van der Waals surface area contributed by atoms with E-state index in [-0.39, 0.29) is 42.3 Å². The summed E-state index contributed by atoms with van der Waals surface area (Å²) in [5, 5.41) is 26.1. The van der Waals surface area contributed by atoms with Gasteiger partial charge in [-0.1, -0.05) is 47.5 Å². The van der Waals surface area contributed by atoms with Gasteiger partial charge in [-0.2, -0.15) is 20.2 Å². The number of carboxylic acids is 1. The summed E-state index contributed by atoms with van der Waals surface area (Å²) >= 11 is 1.48. The van der Waals surface area contributed by atoms with Crippen molar-refractivity contribution in [1.29, 1.82) is 0 Å². The lowest BCUT2D eigenvalue weighted by Crippen LogP contribution is -2.41. The Morgan fingerprint density at radius 2 is 0.800 bits per heavy atom. The number of rotatable bonds is 27. The van der Waals surface area contributed by atoms with Crippen molar-refractivity contribution < 1.29 is 151 Å². The normalized spacial score (nSPS) is 12.8. The van der Waals surface area contributed by atoms with E-state index in [4.69, 9.17) is 72.5 Å². The maximum atomic E-state index is 11.9. The zero-order valence-corrected chi connectivity index (χ0v) is 74.3. The first-order valence-corrected chi connectivity index (χ1v) is 46.4. The third-order valence-corrected chi connectivity index (χ3v) is 20.8. The largest absolute Gasteiger partial charge is 0.744 e. The summed E-state index contributed by atoms with van der Waals surface area (Å²) in [6.07, 6.45) is 5.98. The Morgan fingerprint density at radius 1 is 0.518 bits per heavy atom. The number of nitrogens with two attached hydrogens (primary N) is 1. The minimum absolute atomic E-state index is 0.0384. The first kappa shape index (κ1) is 117. The molecule has 0 aliphatic rings. The molecule has 0 saturated carbocycles. The number of aldehydes is 1. The number of sulfone groups is 3. The van der Waals surface area contributed by atoms with E-state index < -0.39 is 153 Å². The molecule has 644 valence electrons.